The molecule has 0 amide bonds. The average Bonchev–Trinajstić information content (AvgIpc) is 2.86. The maximum atomic E-state index is 2.44. The second kappa shape index (κ2) is 4.30. The van der Waals surface area contributed by atoms with Crippen LogP contribution < -0.4 is 0 Å². The maximum absolute atomic E-state index is 2.44. The van der Waals surface area contributed by atoms with Gasteiger partial charge in [0.05, 0.1) is 0 Å². The monoisotopic (exact) mass is 180 g/mol. The minimum Gasteiger partial charge on any atom is -0.0887 e. The molecule has 1 aliphatic carbocycles. The Morgan fingerprint density at radius 1 is 1.46 bits per heavy atom. The van der Waals surface area contributed by atoms with E-state index < -0.39 is 0 Å². The van der Waals surface area contributed by atoms with E-state index in [0.29, 0.717) is 0 Å². The molecule has 0 saturated heterocycles. The molecule has 1 atom stereocenters. The van der Waals surface area contributed by atoms with Crippen molar-refractivity contribution in [3.8, 4) is 0 Å². The molecule has 1 rings (SSSR count). The Balaban J connectivity index is 2.43. The van der Waals surface area contributed by atoms with E-state index in [2.05, 4.69) is 33.8 Å². The second-order valence-corrected chi connectivity index (χ2v) is 4.85. The standard InChI is InChI=1S/C13H24/c1-5-7-13(8-9-13)12(4)10-11(3)6-2/h6,12H,5,7-10H2,1-4H3/b11-6+. The van der Waals surface area contributed by atoms with Crippen LogP contribution in [0.15, 0.2) is 11.6 Å². The Bertz CT molecular complexity index is 184. The number of allylic oxidation sites excluding steroid dienone is 2. The van der Waals surface area contributed by atoms with Gasteiger partial charge in [-0.25, -0.2) is 0 Å². The van der Waals surface area contributed by atoms with Gasteiger partial charge in [0.15, 0.2) is 0 Å². The minimum atomic E-state index is 0.749. The molecule has 0 nitrogen and oxygen atoms in total. The molecule has 0 N–H and O–H groups in total. The Labute approximate surface area is 83.4 Å². The third-order valence-electron chi connectivity index (χ3n) is 3.81. The third-order valence-corrected chi connectivity index (χ3v) is 3.81. The first-order valence-electron chi connectivity index (χ1n) is 5.76. The molecule has 0 spiro atoms. The second-order valence-electron chi connectivity index (χ2n) is 4.85. The van der Waals surface area contributed by atoms with Crippen molar-refractivity contribution in [3.63, 3.8) is 0 Å². The van der Waals surface area contributed by atoms with Gasteiger partial charge in [0, 0.05) is 0 Å². The van der Waals surface area contributed by atoms with Crippen molar-refractivity contribution >= 4 is 0 Å². The minimum absolute atomic E-state index is 0.749. The van der Waals surface area contributed by atoms with Gasteiger partial charge in [0.2, 0.25) is 0 Å². The van der Waals surface area contributed by atoms with Crippen molar-refractivity contribution in [2.45, 2.75) is 59.8 Å². The molecule has 0 aliphatic heterocycles. The highest BCUT2D eigenvalue weighted by molar-refractivity contribution is 5.04. The average molecular weight is 180 g/mol. The van der Waals surface area contributed by atoms with E-state index in [-0.39, 0.29) is 0 Å². The molecule has 1 aliphatic rings. The Morgan fingerprint density at radius 2 is 2.08 bits per heavy atom. The van der Waals surface area contributed by atoms with Gasteiger partial charge in [-0.05, 0) is 50.9 Å². The van der Waals surface area contributed by atoms with Crippen LogP contribution in [-0.4, -0.2) is 0 Å². The molecule has 76 valence electrons. The van der Waals surface area contributed by atoms with Crippen LogP contribution >= 0.6 is 0 Å². The van der Waals surface area contributed by atoms with Gasteiger partial charge in [-0.3, -0.25) is 0 Å². The summed E-state index contributed by atoms with van der Waals surface area (Å²) in [5.74, 6) is 0.906. The summed E-state index contributed by atoms with van der Waals surface area (Å²) in [7, 11) is 0. The predicted molar refractivity (Wildman–Crippen MR) is 59.8 cm³/mol. The lowest BCUT2D eigenvalue weighted by Crippen LogP contribution is -2.12. The van der Waals surface area contributed by atoms with E-state index in [9.17, 15) is 0 Å². The smallest absolute Gasteiger partial charge is 0.0268 e. The first-order chi connectivity index (χ1) is 6.14. The van der Waals surface area contributed by atoms with Crippen molar-refractivity contribution in [1.82, 2.24) is 0 Å². The van der Waals surface area contributed by atoms with Crippen molar-refractivity contribution in [2.75, 3.05) is 0 Å². The van der Waals surface area contributed by atoms with Crippen LogP contribution in [0.5, 0.6) is 0 Å². The summed E-state index contributed by atoms with van der Waals surface area (Å²) in [5, 5.41) is 0. The summed E-state index contributed by atoms with van der Waals surface area (Å²) in [4.78, 5) is 0. The number of hydrogen-bond acceptors (Lipinski definition) is 0. The Morgan fingerprint density at radius 3 is 2.46 bits per heavy atom. The highest BCUT2D eigenvalue weighted by Crippen LogP contribution is 2.56. The number of rotatable bonds is 5. The molecule has 0 heterocycles. The molecule has 0 bridgehead atoms. The van der Waals surface area contributed by atoms with Crippen LogP contribution in [-0.2, 0) is 0 Å². The first kappa shape index (κ1) is 10.8. The van der Waals surface area contributed by atoms with E-state index in [4.69, 9.17) is 0 Å². The van der Waals surface area contributed by atoms with Gasteiger partial charge >= 0.3 is 0 Å². The fourth-order valence-corrected chi connectivity index (χ4v) is 2.46. The number of hydrogen-bond donors (Lipinski definition) is 0. The van der Waals surface area contributed by atoms with E-state index in [0.717, 1.165) is 11.3 Å². The van der Waals surface area contributed by atoms with Gasteiger partial charge in [-0.1, -0.05) is 31.9 Å². The molecular formula is C13H24. The van der Waals surface area contributed by atoms with Crippen molar-refractivity contribution in [1.29, 1.82) is 0 Å². The van der Waals surface area contributed by atoms with E-state index >= 15 is 0 Å². The van der Waals surface area contributed by atoms with Crippen LogP contribution in [0, 0.1) is 11.3 Å². The molecule has 13 heavy (non-hydrogen) atoms. The molecule has 0 aromatic carbocycles. The predicted octanol–water partition coefficient (Wildman–Crippen LogP) is 4.56. The fraction of sp³-hybridized carbons (Fsp3) is 0.846. The summed E-state index contributed by atoms with van der Waals surface area (Å²) in [6.07, 6.45) is 9.36. The normalized spacial score (nSPS) is 22.9. The Kier molecular flexibility index (Phi) is 3.58. The lowest BCUT2D eigenvalue weighted by atomic mass is 9.82. The molecule has 1 unspecified atom stereocenters. The fourth-order valence-electron chi connectivity index (χ4n) is 2.46. The van der Waals surface area contributed by atoms with Crippen LogP contribution in [0.4, 0.5) is 0 Å². The van der Waals surface area contributed by atoms with Crippen LogP contribution in [0.25, 0.3) is 0 Å². The quantitative estimate of drug-likeness (QED) is 0.544. The van der Waals surface area contributed by atoms with Gasteiger partial charge < -0.3 is 0 Å². The van der Waals surface area contributed by atoms with E-state index in [1.807, 2.05) is 0 Å². The summed E-state index contributed by atoms with van der Waals surface area (Å²) in [5.41, 5.74) is 2.31. The molecule has 0 radical (unpaired) electrons. The van der Waals surface area contributed by atoms with Crippen LogP contribution in [0.3, 0.4) is 0 Å². The van der Waals surface area contributed by atoms with E-state index in [1.165, 1.54) is 32.1 Å². The van der Waals surface area contributed by atoms with Crippen LogP contribution in [0.2, 0.25) is 0 Å². The van der Waals surface area contributed by atoms with Gasteiger partial charge in [-0.2, -0.15) is 0 Å². The molecule has 0 aromatic rings. The first-order valence-corrected chi connectivity index (χ1v) is 5.76. The highest BCUT2D eigenvalue weighted by Gasteiger charge is 2.45. The summed E-state index contributed by atoms with van der Waals surface area (Å²) in [6.45, 7) is 9.17. The Hall–Kier alpha value is -0.260. The van der Waals surface area contributed by atoms with Crippen molar-refractivity contribution < 1.29 is 0 Å². The van der Waals surface area contributed by atoms with E-state index in [1.54, 1.807) is 5.57 Å². The summed E-state index contributed by atoms with van der Waals surface area (Å²) >= 11 is 0. The summed E-state index contributed by atoms with van der Waals surface area (Å²) < 4.78 is 0. The zero-order chi connectivity index (χ0) is 9.90. The SMILES string of the molecule is C/C=C(\C)CC(C)C1(CCC)CC1. The summed E-state index contributed by atoms with van der Waals surface area (Å²) in [6, 6.07) is 0. The molecule has 1 fully saturated rings. The van der Waals surface area contributed by atoms with Gasteiger partial charge in [-0.15, -0.1) is 0 Å². The van der Waals surface area contributed by atoms with Crippen molar-refractivity contribution in [3.05, 3.63) is 11.6 Å². The molecule has 0 heteroatoms. The third kappa shape index (κ3) is 2.59. The maximum Gasteiger partial charge on any atom is -0.0268 e. The van der Waals surface area contributed by atoms with Gasteiger partial charge in [0.1, 0.15) is 0 Å². The van der Waals surface area contributed by atoms with Crippen molar-refractivity contribution in [2.24, 2.45) is 11.3 Å². The zero-order valence-electron chi connectivity index (χ0n) is 9.69. The zero-order valence-corrected chi connectivity index (χ0v) is 9.69. The molecule has 1 saturated carbocycles. The highest BCUT2D eigenvalue weighted by atomic mass is 14.5. The van der Waals surface area contributed by atoms with Crippen LogP contribution in [0.1, 0.15) is 59.8 Å². The lowest BCUT2D eigenvalue weighted by molar-refractivity contribution is 0.304. The topological polar surface area (TPSA) is 0 Å². The molecule has 0 aromatic heterocycles. The largest absolute Gasteiger partial charge is 0.0887 e. The lowest BCUT2D eigenvalue weighted by Gasteiger charge is -2.23. The van der Waals surface area contributed by atoms with Gasteiger partial charge in [0.25, 0.3) is 0 Å². The molecular weight excluding hydrogens is 156 g/mol.